The van der Waals surface area contributed by atoms with Gasteiger partial charge in [0.1, 0.15) is 5.50 Å². The van der Waals surface area contributed by atoms with Crippen LogP contribution in [-0.2, 0) is 0 Å². The molecule has 0 saturated carbocycles. The summed E-state index contributed by atoms with van der Waals surface area (Å²) in [6.45, 7) is 11.1. The second-order valence-corrected chi connectivity index (χ2v) is 6.56. The highest BCUT2D eigenvalue weighted by molar-refractivity contribution is 6.21. The normalized spacial score (nSPS) is 24.4. The fraction of sp³-hybridized carbons (Fsp3) is 0.600. The molecule has 0 spiro atoms. The van der Waals surface area contributed by atoms with Crippen molar-refractivity contribution in [1.29, 1.82) is 0 Å². The lowest BCUT2D eigenvalue weighted by Gasteiger charge is -2.49. The molecule has 1 nitrogen and oxygen atoms in total. The Kier molecular flexibility index (Phi) is 3.15. The Morgan fingerprint density at radius 1 is 1.41 bits per heavy atom. The minimum absolute atomic E-state index is 0.0260. The first kappa shape index (κ1) is 12.8. The molecule has 2 unspecified atom stereocenters. The molecule has 1 aromatic rings. The van der Waals surface area contributed by atoms with E-state index in [4.69, 9.17) is 11.6 Å². The van der Waals surface area contributed by atoms with Crippen molar-refractivity contribution in [3.63, 3.8) is 0 Å². The van der Waals surface area contributed by atoms with Crippen molar-refractivity contribution in [3.8, 4) is 0 Å². The fourth-order valence-corrected chi connectivity index (χ4v) is 3.61. The zero-order valence-corrected chi connectivity index (χ0v) is 12.2. The van der Waals surface area contributed by atoms with E-state index in [2.05, 4.69) is 57.7 Å². The molecule has 17 heavy (non-hydrogen) atoms. The average Bonchev–Trinajstić information content (AvgIpc) is 2.14. The second-order valence-electron chi connectivity index (χ2n) is 5.92. The molecule has 0 amide bonds. The molecule has 1 aromatic carbocycles. The van der Waals surface area contributed by atoms with Crippen LogP contribution in [0.3, 0.4) is 0 Å². The van der Waals surface area contributed by atoms with Gasteiger partial charge in [0, 0.05) is 11.2 Å². The molecular formula is C15H22ClN. The molecule has 0 aliphatic carbocycles. The Labute approximate surface area is 110 Å². The maximum Gasteiger partial charge on any atom is 0.101 e. The van der Waals surface area contributed by atoms with E-state index in [9.17, 15) is 0 Å². The van der Waals surface area contributed by atoms with Gasteiger partial charge >= 0.3 is 0 Å². The topological polar surface area (TPSA) is 3.24 Å². The van der Waals surface area contributed by atoms with Gasteiger partial charge in [-0.1, -0.05) is 30.7 Å². The highest BCUT2D eigenvalue weighted by Crippen LogP contribution is 2.45. The van der Waals surface area contributed by atoms with Crippen molar-refractivity contribution in [1.82, 2.24) is 0 Å². The number of fused-ring (bicyclic) bond motifs is 1. The van der Waals surface area contributed by atoms with E-state index < -0.39 is 0 Å². The SMILES string of the molecule is Cc1ccc2c(c1)N(C(C)Cl)C(C)(C)CC2C. The molecule has 2 atom stereocenters. The first-order valence-corrected chi connectivity index (χ1v) is 6.80. The Hall–Kier alpha value is -0.690. The fourth-order valence-electron chi connectivity index (χ4n) is 3.24. The van der Waals surface area contributed by atoms with Crippen LogP contribution in [0.4, 0.5) is 5.69 Å². The molecule has 0 N–H and O–H groups in total. The predicted molar refractivity (Wildman–Crippen MR) is 76.1 cm³/mol. The summed E-state index contributed by atoms with van der Waals surface area (Å²) in [7, 11) is 0. The van der Waals surface area contributed by atoms with Gasteiger partial charge in [0.05, 0.1) is 0 Å². The summed E-state index contributed by atoms with van der Waals surface area (Å²) in [5.74, 6) is 0.604. The van der Waals surface area contributed by atoms with Crippen molar-refractivity contribution in [2.24, 2.45) is 0 Å². The summed E-state index contributed by atoms with van der Waals surface area (Å²) >= 11 is 6.39. The highest BCUT2D eigenvalue weighted by Gasteiger charge is 2.38. The van der Waals surface area contributed by atoms with Gasteiger partial charge in [0.15, 0.2) is 0 Å². The number of halogens is 1. The van der Waals surface area contributed by atoms with Gasteiger partial charge in [-0.2, -0.15) is 0 Å². The number of anilines is 1. The molecule has 1 aliphatic heterocycles. The number of hydrogen-bond donors (Lipinski definition) is 0. The van der Waals surface area contributed by atoms with E-state index in [1.807, 2.05) is 0 Å². The van der Waals surface area contributed by atoms with Gasteiger partial charge in [0.2, 0.25) is 0 Å². The maximum atomic E-state index is 6.39. The Morgan fingerprint density at radius 2 is 2.06 bits per heavy atom. The van der Waals surface area contributed by atoms with E-state index in [0.29, 0.717) is 5.92 Å². The van der Waals surface area contributed by atoms with Crippen LogP contribution >= 0.6 is 11.6 Å². The van der Waals surface area contributed by atoms with Crippen molar-refractivity contribution < 1.29 is 0 Å². The van der Waals surface area contributed by atoms with Crippen molar-refractivity contribution >= 4 is 17.3 Å². The van der Waals surface area contributed by atoms with Crippen LogP contribution in [0.15, 0.2) is 18.2 Å². The first-order valence-electron chi connectivity index (χ1n) is 6.37. The molecule has 2 heteroatoms. The molecule has 0 radical (unpaired) electrons. The minimum atomic E-state index is 0.0260. The lowest BCUT2D eigenvalue weighted by atomic mass is 9.80. The van der Waals surface area contributed by atoms with Gasteiger partial charge in [-0.05, 0) is 57.2 Å². The van der Waals surface area contributed by atoms with Gasteiger partial charge in [0.25, 0.3) is 0 Å². The number of hydrogen-bond acceptors (Lipinski definition) is 1. The third-order valence-corrected chi connectivity index (χ3v) is 3.99. The summed E-state index contributed by atoms with van der Waals surface area (Å²) in [6, 6.07) is 6.73. The Balaban J connectivity index is 2.59. The molecule has 1 heterocycles. The van der Waals surface area contributed by atoms with E-state index in [1.165, 1.54) is 16.8 Å². The monoisotopic (exact) mass is 251 g/mol. The summed E-state index contributed by atoms with van der Waals surface area (Å²) < 4.78 is 0. The predicted octanol–water partition coefficient (Wildman–Crippen LogP) is 4.67. The third-order valence-electron chi connectivity index (χ3n) is 3.79. The number of aryl methyl sites for hydroxylation is 1. The summed E-state index contributed by atoms with van der Waals surface area (Å²) in [5.41, 5.74) is 4.20. The number of alkyl halides is 1. The van der Waals surface area contributed by atoms with Crippen LogP contribution in [0.1, 0.15) is 51.2 Å². The largest absolute Gasteiger partial charge is 0.350 e. The quantitative estimate of drug-likeness (QED) is 0.518. The zero-order chi connectivity index (χ0) is 12.8. The zero-order valence-electron chi connectivity index (χ0n) is 11.4. The lowest BCUT2D eigenvalue weighted by Crippen LogP contribution is -2.51. The maximum absolute atomic E-state index is 6.39. The minimum Gasteiger partial charge on any atom is -0.350 e. The van der Waals surface area contributed by atoms with Crippen LogP contribution < -0.4 is 4.90 Å². The van der Waals surface area contributed by atoms with Crippen molar-refractivity contribution in [2.75, 3.05) is 4.90 Å². The molecule has 2 rings (SSSR count). The molecule has 0 bridgehead atoms. The lowest BCUT2D eigenvalue weighted by molar-refractivity contribution is 0.373. The number of rotatable bonds is 1. The molecule has 94 valence electrons. The standard InChI is InChI=1S/C15H22ClN/c1-10-6-7-13-11(2)9-15(4,5)17(12(3)16)14(13)8-10/h6-8,11-12H,9H2,1-5H3. The summed E-state index contributed by atoms with van der Waals surface area (Å²) in [5, 5.41) is 0. The van der Waals surface area contributed by atoms with E-state index in [1.54, 1.807) is 0 Å². The first-order chi connectivity index (χ1) is 7.83. The number of benzene rings is 1. The van der Waals surface area contributed by atoms with Crippen molar-refractivity contribution in [2.45, 2.75) is 58.0 Å². The highest BCUT2D eigenvalue weighted by atomic mass is 35.5. The average molecular weight is 252 g/mol. The van der Waals surface area contributed by atoms with E-state index in [0.717, 1.165) is 6.42 Å². The van der Waals surface area contributed by atoms with Crippen LogP contribution in [0.5, 0.6) is 0 Å². The molecule has 0 aromatic heterocycles. The van der Waals surface area contributed by atoms with E-state index in [-0.39, 0.29) is 11.0 Å². The summed E-state index contributed by atoms with van der Waals surface area (Å²) in [6.07, 6.45) is 1.15. The van der Waals surface area contributed by atoms with Crippen molar-refractivity contribution in [3.05, 3.63) is 29.3 Å². The molecule has 0 saturated heterocycles. The van der Waals surface area contributed by atoms with Crippen LogP contribution in [-0.4, -0.2) is 11.0 Å². The van der Waals surface area contributed by atoms with Gasteiger partial charge in [-0.3, -0.25) is 0 Å². The van der Waals surface area contributed by atoms with Gasteiger partial charge in [-0.25, -0.2) is 0 Å². The van der Waals surface area contributed by atoms with Gasteiger partial charge in [-0.15, -0.1) is 0 Å². The third kappa shape index (κ3) is 2.18. The molecular weight excluding hydrogens is 230 g/mol. The summed E-state index contributed by atoms with van der Waals surface area (Å²) in [4.78, 5) is 2.36. The molecule has 1 aliphatic rings. The van der Waals surface area contributed by atoms with Gasteiger partial charge < -0.3 is 4.90 Å². The second kappa shape index (κ2) is 4.20. The number of nitrogens with zero attached hydrogens (tertiary/aromatic N) is 1. The van der Waals surface area contributed by atoms with Crippen LogP contribution in [0.25, 0.3) is 0 Å². The van der Waals surface area contributed by atoms with Crippen LogP contribution in [0, 0.1) is 6.92 Å². The van der Waals surface area contributed by atoms with Crippen LogP contribution in [0.2, 0.25) is 0 Å². The Bertz CT molecular complexity index is 423. The smallest absolute Gasteiger partial charge is 0.101 e. The van der Waals surface area contributed by atoms with E-state index >= 15 is 0 Å². The molecule has 0 fully saturated rings. The Morgan fingerprint density at radius 3 is 2.65 bits per heavy atom.